The largest absolute Gasteiger partial charge is 0.483 e. The number of carbonyl (C=O) groups is 1. The van der Waals surface area contributed by atoms with Crippen molar-refractivity contribution in [3.63, 3.8) is 0 Å². The fourth-order valence-corrected chi connectivity index (χ4v) is 1.31. The summed E-state index contributed by atoms with van der Waals surface area (Å²) in [6.07, 6.45) is 1.18. The molecule has 16 heavy (non-hydrogen) atoms. The van der Waals surface area contributed by atoms with Crippen molar-refractivity contribution in [2.75, 3.05) is 6.61 Å². The predicted octanol–water partition coefficient (Wildman–Crippen LogP) is 1.85. The van der Waals surface area contributed by atoms with Crippen molar-refractivity contribution in [3.05, 3.63) is 28.8 Å². The van der Waals surface area contributed by atoms with Crippen LogP contribution in [0.3, 0.4) is 0 Å². The van der Waals surface area contributed by atoms with Gasteiger partial charge in [0.2, 0.25) is 6.08 Å². The summed E-state index contributed by atoms with van der Waals surface area (Å²) < 4.78 is 5.26. The number of aliphatic imine (C=N–C) groups is 1. The average Bonchev–Trinajstić information content (AvgIpc) is 2.22. The Hall–Kier alpha value is -1.93. The number of isocyanates is 1. The quantitative estimate of drug-likeness (QED) is 0.576. The molecule has 84 valence electrons. The standard InChI is InChI=1S/C12H13NO3/c1-8-4-10(3)11(5-9(8)2)16-6-12(15)13-7-14/h4-5H,6H2,1-3H3. The number of rotatable bonds is 3. The van der Waals surface area contributed by atoms with Crippen molar-refractivity contribution in [1.82, 2.24) is 0 Å². The highest BCUT2D eigenvalue weighted by atomic mass is 16.5. The lowest BCUT2D eigenvalue weighted by Crippen LogP contribution is -2.09. The van der Waals surface area contributed by atoms with E-state index in [0.29, 0.717) is 5.75 Å². The summed E-state index contributed by atoms with van der Waals surface area (Å²) in [6, 6.07) is 3.85. The third-order valence-electron chi connectivity index (χ3n) is 2.31. The number of nitrogens with zero attached hydrogens (tertiary/aromatic N) is 1. The van der Waals surface area contributed by atoms with Gasteiger partial charge in [0, 0.05) is 0 Å². The Kier molecular flexibility index (Phi) is 3.97. The number of benzene rings is 1. The van der Waals surface area contributed by atoms with Crippen LogP contribution in [0.2, 0.25) is 0 Å². The topological polar surface area (TPSA) is 55.7 Å². The fourth-order valence-electron chi connectivity index (χ4n) is 1.31. The summed E-state index contributed by atoms with van der Waals surface area (Å²) in [6.45, 7) is 5.63. The van der Waals surface area contributed by atoms with Crippen LogP contribution in [0, 0.1) is 20.8 Å². The molecule has 0 bridgehead atoms. The Morgan fingerprint density at radius 1 is 1.25 bits per heavy atom. The molecule has 1 amide bonds. The first-order valence-corrected chi connectivity index (χ1v) is 4.86. The summed E-state index contributed by atoms with van der Waals surface area (Å²) in [5.74, 6) is 0.00479. The fraction of sp³-hybridized carbons (Fsp3) is 0.333. The Balaban J connectivity index is 2.78. The minimum Gasteiger partial charge on any atom is -0.483 e. The van der Waals surface area contributed by atoms with Crippen LogP contribution in [0.5, 0.6) is 5.75 Å². The maximum atomic E-state index is 10.9. The van der Waals surface area contributed by atoms with Crippen LogP contribution in [-0.4, -0.2) is 18.6 Å². The van der Waals surface area contributed by atoms with E-state index < -0.39 is 5.91 Å². The summed E-state index contributed by atoms with van der Waals surface area (Å²) in [7, 11) is 0. The van der Waals surface area contributed by atoms with Crippen molar-refractivity contribution < 1.29 is 14.3 Å². The molecule has 4 nitrogen and oxygen atoms in total. The van der Waals surface area contributed by atoms with Gasteiger partial charge in [0.05, 0.1) is 0 Å². The number of ether oxygens (including phenoxy) is 1. The molecule has 0 fully saturated rings. The Bertz CT molecular complexity index is 460. The summed E-state index contributed by atoms with van der Waals surface area (Å²) >= 11 is 0. The first kappa shape index (κ1) is 12.1. The molecule has 0 atom stereocenters. The van der Waals surface area contributed by atoms with Crippen LogP contribution in [-0.2, 0) is 9.59 Å². The molecule has 0 aliphatic rings. The third-order valence-corrected chi connectivity index (χ3v) is 2.31. The molecular formula is C12H13NO3. The van der Waals surface area contributed by atoms with E-state index in [0.717, 1.165) is 11.1 Å². The highest BCUT2D eigenvalue weighted by Crippen LogP contribution is 2.22. The second kappa shape index (κ2) is 5.24. The molecule has 0 radical (unpaired) electrons. The van der Waals surface area contributed by atoms with E-state index in [9.17, 15) is 9.59 Å². The summed E-state index contributed by atoms with van der Waals surface area (Å²) in [5, 5.41) is 0. The first-order valence-electron chi connectivity index (χ1n) is 4.86. The van der Waals surface area contributed by atoms with Crippen LogP contribution in [0.15, 0.2) is 17.1 Å². The van der Waals surface area contributed by atoms with Crippen LogP contribution in [0.4, 0.5) is 0 Å². The molecule has 0 N–H and O–H groups in total. The zero-order valence-corrected chi connectivity index (χ0v) is 9.53. The van der Waals surface area contributed by atoms with E-state index in [4.69, 9.17) is 4.74 Å². The number of aryl methyl sites for hydroxylation is 3. The van der Waals surface area contributed by atoms with Gasteiger partial charge in [-0.25, -0.2) is 4.79 Å². The molecule has 0 aliphatic heterocycles. The second-order valence-corrected chi connectivity index (χ2v) is 3.59. The molecule has 0 aliphatic carbocycles. The Morgan fingerprint density at radius 3 is 2.50 bits per heavy atom. The van der Waals surface area contributed by atoms with Crippen molar-refractivity contribution in [2.24, 2.45) is 4.99 Å². The SMILES string of the molecule is Cc1cc(C)c(OCC(=O)N=C=O)cc1C. The molecule has 4 heteroatoms. The van der Waals surface area contributed by atoms with Gasteiger partial charge >= 0.3 is 0 Å². The van der Waals surface area contributed by atoms with Crippen molar-refractivity contribution in [2.45, 2.75) is 20.8 Å². The van der Waals surface area contributed by atoms with Crippen LogP contribution < -0.4 is 4.74 Å². The predicted molar refractivity (Wildman–Crippen MR) is 59.3 cm³/mol. The van der Waals surface area contributed by atoms with Crippen LogP contribution >= 0.6 is 0 Å². The van der Waals surface area contributed by atoms with Gasteiger partial charge in [-0.05, 0) is 43.5 Å². The number of hydrogen-bond acceptors (Lipinski definition) is 3. The maximum Gasteiger partial charge on any atom is 0.294 e. The minimum absolute atomic E-state index is 0.238. The Labute approximate surface area is 94.0 Å². The molecule has 1 aromatic rings. The zero-order chi connectivity index (χ0) is 12.1. The molecule has 0 unspecified atom stereocenters. The van der Waals surface area contributed by atoms with E-state index >= 15 is 0 Å². The molecule has 0 aromatic heterocycles. The monoisotopic (exact) mass is 219 g/mol. The summed E-state index contributed by atoms with van der Waals surface area (Å²) in [4.78, 5) is 23.7. The van der Waals surface area contributed by atoms with Gasteiger partial charge < -0.3 is 4.74 Å². The lowest BCUT2D eigenvalue weighted by atomic mass is 10.1. The van der Waals surface area contributed by atoms with Gasteiger partial charge in [-0.15, -0.1) is 4.99 Å². The molecule has 1 aromatic carbocycles. The molecule has 0 saturated carbocycles. The van der Waals surface area contributed by atoms with Gasteiger partial charge in [0.25, 0.3) is 5.91 Å². The first-order chi connectivity index (χ1) is 7.54. The van der Waals surface area contributed by atoms with Gasteiger partial charge in [-0.1, -0.05) is 6.07 Å². The number of carbonyl (C=O) groups excluding carboxylic acids is 2. The lowest BCUT2D eigenvalue weighted by molar-refractivity contribution is -0.119. The van der Waals surface area contributed by atoms with Gasteiger partial charge in [0.1, 0.15) is 5.75 Å². The van der Waals surface area contributed by atoms with Crippen molar-refractivity contribution >= 4 is 12.0 Å². The van der Waals surface area contributed by atoms with Crippen molar-refractivity contribution in [3.8, 4) is 5.75 Å². The average molecular weight is 219 g/mol. The Morgan fingerprint density at radius 2 is 1.88 bits per heavy atom. The number of amides is 1. The number of hydrogen-bond donors (Lipinski definition) is 0. The van der Waals surface area contributed by atoms with E-state index in [1.165, 1.54) is 11.6 Å². The normalized spacial score (nSPS) is 9.44. The zero-order valence-electron chi connectivity index (χ0n) is 9.53. The maximum absolute atomic E-state index is 10.9. The smallest absolute Gasteiger partial charge is 0.294 e. The van der Waals surface area contributed by atoms with Crippen LogP contribution in [0.25, 0.3) is 0 Å². The highest BCUT2D eigenvalue weighted by Gasteiger charge is 2.05. The molecule has 0 heterocycles. The van der Waals surface area contributed by atoms with E-state index in [2.05, 4.69) is 4.99 Å². The molecule has 0 saturated heterocycles. The molecular weight excluding hydrogens is 206 g/mol. The van der Waals surface area contributed by atoms with E-state index in [1.54, 1.807) is 0 Å². The van der Waals surface area contributed by atoms with Gasteiger partial charge in [-0.2, -0.15) is 0 Å². The molecule has 0 spiro atoms. The van der Waals surface area contributed by atoms with E-state index in [-0.39, 0.29) is 6.61 Å². The molecule has 1 rings (SSSR count). The van der Waals surface area contributed by atoms with Gasteiger partial charge in [0.15, 0.2) is 6.61 Å². The van der Waals surface area contributed by atoms with Crippen molar-refractivity contribution in [1.29, 1.82) is 0 Å². The minimum atomic E-state index is -0.632. The lowest BCUT2D eigenvalue weighted by Gasteiger charge is -2.09. The summed E-state index contributed by atoms with van der Waals surface area (Å²) in [5.41, 5.74) is 3.21. The van der Waals surface area contributed by atoms with Crippen LogP contribution in [0.1, 0.15) is 16.7 Å². The highest BCUT2D eigenvalue weighted by molar-refractivity contribution is 5.82. The van der Waals surface area contributed by atoms with E-state index in [1.807, 2.05) is 32.9 Å². The third kappa shape index (κ3) is 3.04. The second-order valence-electron chi connectivity index (χ2n) is 3.59. The van der Waals surface area contributed by atoms with Gasteiger partial charge in [-0.3, -0.25) is 4.79 Å².